The molecule has 0 fully saturated rings. The number of ether oxygens (including phenoxy) is 2. The summed E-state index contributed by atoms with van der Waals surface area (Å²) in [5, 5.41) is 2.71. The molecule has 2 aromatic rings. The topological polar surface area (TPSA) is 80.8 Å². The van der Waals surface area contributed by atoms with Crippen molar-refractivity contribution in [3.05, 3.63) is 54.0 Å². The minimum atomic E-state index is -0.620. The fraction of sp³-hybridized carbons (Fsp3) is 0.350. The van der Waals surface area contributed by atoms with Crippen molar-refractivity contribution in [2.75, 3.05) is 13.6 Å². The molecule has 0 spiro atoms. The van der Waals surface area contributed by atoms with Crippen molar-refractivity contribution >= 4 is 12.0 Å². The summed E-state index contributed by atoms with van der Waals surface area (Å²) in [5.74, 6) is 0.162. The van der Waals surface area contributed by atoms with Crippen LogP contribution in [0.2, 0.25) is 0 Å². The van der Waals surface area contributed by atoms with Crippen LogP contribution in [-0.2, 0) is 16.1 Å². The predicted molar refractivity (Wildman–Crippen MR) is 101 cm³/mol. The summed E-state index contributed by atoms with van der Waals surface area (Å²) < 4.78 is 23.6. The van der Waals surface area contributed by atoms with Gasteiger partial charge in [-0.25, -0.2) is 14.2 Å². The van der Waals surface area contributed by atoms with E-state index in [4.69, 9.17) is 9.47 Å². The number of nitrogens with one attached hydrogen (secondary N) is 1. The maximum Gasteiger partial charge on any atom is 0.410 e. The van der Waals surface area contributed by atoms with E-state index in [0.717, 1.165) is 5.56 Å². The number of rotatable bonds is 6. The Balaban J connectivity index is 1.80. The van der Waals surface area contributed by atoms with Crippen LogP contribution in [0.4, 0.5) is 9.18 Å². The van der Waals surface area contributed by atoms with Crippen LogP contribution < -0.4 is 10.1 Å². The summed E-state index contributed by atoms with van der Waals surface area (Å²) >= 11 is 0. The molecule has 0 bridgehead atoms. The second-order valence-corrected chi connectivity index (χ2v) is 7.17. The lowest BCUT2D eigenvalue weighted by Crippen LogP contribution is -2.40. The van der Waals surface area contributed by atoms with Gasteiger partial charge in [-0.05, 0) is 50.6 Å². The summed E-state index contributed by atoms with van der Waals surface area (Å²) in [6.07, 6.45) is 1.00. The Hall–Kier alpha value is -3.16. The Bertz CT molecular complexity index is 802. The number of likely N-dealkylation sites (N-methyl/N-ethyl adjacent to an activating group) is 1. The van der Waals surface area contributed by atoms with Crippen LogP contribution in [0.15, 0.2) is 42.6 Å². The summed E-state index contributed by atoms with van der Waals surface area (Å²) in [6, 6.07) is 9.01. The second-order valence-electron chi connectivity index (χ2n) is 7.17. The molecule has 0 radical (unpaired) electrons. The van der Waals surface area contributed by atoms with E-state index in [2.05, 4.69) is 10.3 Å². The number of carbonyl (C=O) groups excluding carboxylic acids is 2. The van der Waals surface area contributed by atoms with E-state index in [9.17, 15) is 14.0 Å². The lowest BCUT2D eigenvalue weighted by atomic mass is 10.2. The zero-order valence-electron chi connectivity index (χ0n) is 16.4. The fourth-order valence-electron chi connectivity index (χ4n) is 2.08. The SMILES string of the molecule is CN(CC(=O)NCc1ccc(Oc2ccc(F)cc2)nc1)C(=O)OC(C)(C)C. The largest absolute Gasteiger partial charge is 0.444 e. The van der Waals surface area contributed by atoms with Gasteiger partial charge < -0.3 is 19.7 Å². The Morgan fingerprint density at radius 2 is 1.82 bits per heavy atom. The number of halogens is 1. The van der Waals surface area contributed by atoms with Crippen molar-refractivity contribution < 1.29 is 23.5 Å². The van der Waals surface area contributed by atoms with E-state index < -0.39 is 11.7 Å². The minimum Gasteiger partial charge on any atom is -0.444 e. The number of hydrogen-bond donors (Lipinski definition) is 1. The molecule has 28 heavy (non-hydrogen) atoms. The van der Waals surface area contributed by atoms with Crippen molar-refractivity contribution in [2.45, 2.75) is 32.9 Å². The van der Waals surface area contributed by atoms with Gasteiger partial charge in [0.15, 0.2) is 0 Å². The molecule has 8 heteroatoms. The van der Waals surface area contributed by atoms with Gasteiger partial charge in [-0.3, -0.25) is 4.79 Å². The number of aromatic nitrogens is 1. The molecule has 1 aromatic heterocycles. The highest BCUT2D eigenvalue weighted by Crippen LogP contribution is 2.19. The van der Waals surface area contributed by atoms with Gasteiger partial charge in [-0.15, -0.1) is 0 Å². The molecular weight excluding hydrogens is 365 g/mol. The van der Waals surface area contributed by atoms with Gasteiger partial charge in [-0.2, -0.15) is 0 Å². The zero-order chi connectivity index (χ0) is 20.7. The number of pyridine rings is 1. The highest BCUT2D eigenvalue weighted by Gasteiger charge is 2.20. The molecule has 0 saturated carbocycles. The standard InChI is InChI=1S/C20H24FN3O4/c1-20(2,3)28-19(26)24(4)13-17(25)22-11-14-5-10-18(23-12-14)27-16-8-6-15(21)7-9-16/h5-10,12H,11,13H2,1-4H3,(H,22,25). The van der Waals surface area contributed by atoms with Crippen LogP contribution in [0, 0.1) is 5.82 Å². The highest BCUT2D eigenvalue weighted by atomic mass is 19.1. The molecule has 0 saturated heterocycles. The summed E-state index contributed by atoms with van der Waals surface area (Å²) in [4.78, 5) is 29.2. The Kier molecular flexibility index (Phi) is 6.92. The van der Waals surface area contributed by atoms with Crippen LogP contribution in [0.5, 0.6) is 11.6 Å². The first-order valence-corrected chi connectivity index (χ1v) is 8.71. The molecule has 0 aliphatic heterocycles. The molecule has 2 rings (SSSR count). The van der Waals surface area contributed by atoms with Gasteiger partial charge >= 0.3 is 6.09 Å². The molecule has 1 aromatic carbocycles. The zero-order valence-corrected chi connectivity index (χ0v) is 16.4. The quantitative estimate of drug-likeness (QED) is 0.818. The molecule has 0 aliphatic rings. The third-order valence-corrected chi connectivity index (χ3v) is 3.41. The van der Waals surface area contributed by atoms with Gasteiger partial charge in [0, 0.05) is 25.9 Å². The van der Waals surface area contributed by atoms with Gasteiger partial charge in [-0.1, -0.05) is 6.07 Å². The number of nitrogens with zero attached hydrogens (tertiary/aromatic N) is 2. The lowest BCUT2D eigenvalue weighted by Gasteiger charge is -2.24. The Morgan fingerprint density at radius 3 is 2.39 bits per heavy atom. The molecule has 0 unspecified atom stereocenters. The van der Waals surface area contributed by atoms with Crippen molar-refractivity contribution in [3.63, 3.8) is 0 Å². The van der Waals surface area contributed by atoms with Crippen LogP contribution in [0.25, 0.3) is 0 Å². The number of carbonyl (C=O) groups is 2. The van der Waals surface area contributed by atoms with Crippen molar-refractivity contribution in [2.24, 2.45) is 0 Å². The molecule has 150 valence electrons. The monoisotopic (exact) mass is 389 g/mol. The third kappa shape index (κ3) is 7.22. The van der Waals surface area contributed by atoms with Crippen molar-refractivity contribution in [1.29, 1.82) is 0 Å². The first-order chi connectivity index (χ1) is 13.1. The van der Waals surface area contributed by atoms with Gasteiger partial charge in [0.2, 0.25) is 11.8 Å². The summed E-state index contributed by atoms with van der Waals surface area (Å²) in [6.45, 7) is 5.42. The van der Waals surface area contributed by atoms with Gasteiger partial charge in [0.25, 0.3) is 0 Å². The normalized spacial score (nSPS) is 10.9. The summed E-state index contributed by atoms with van der Waals surface area (Å²) in [5.41, 5.74) is 0.144. The Labute approximate surface area is 163 Å². The average molecular weight is 389 g/mol. The van der Waals surface area contributed by atoms with E-state index >= 15 is 0 Å². The van der Waals surface area contributed by atoms with Crippen LogP contribution in [-0.4, -0.2) is 41.1 Å². The first kappa shape index (κ1) is 21.1. The van der Waals surface area contributed by atoms with Gasteiger partial charge in [0.05, 0.1) is 0 Å². The first-order valence-electron chi connectivity index (χ1n) is 8.71. The smallest absolute Gasteiger partial charge is 0.410 e. The van der Waals surface area contributed by atoms with Crippen LogP contribution in [0.3, 0.4) is 0 Å². The van der Waals surface area contributed by atoms with E-state index in [1.54, 1.807) is 39.1 Å². The maximum atomic E-state index is 12.9. The molecular formula is C20H24FN3O4. The Morgan fingerprint density at radius 1 is 1.14 bits per heavy atom. The molecule has 1 N–H and O–H groups in total. The maximum absolute atomic E-state index is 12.9. The highest BCUT2D eigenvalue weighted by molar-refractivity contribution is 5.82. The fourth-order valence-corrected chi connectivity index (χ4v) is 2.08. The number of benzene rings is 1. The molecule has 7 nitrogen and oxygen atoms in total. The van der Waals surface area contributed by atoms with E-state index in [-0.39, 0.29) is 24.8 Å². The molecule has 0 aliphatic carbocycles. The van der Waals surface area contributed by atoms with E-state index in [1.165, 1.54) is 36.2 Å². The van der Waals surface area contributed by atoms with Crippen molar-refractivity contribution in [3.8, 4) is 11.6 Å². The third-order valence-electron chi connectivity index (χ3n) is 3.41. The summed E-state index contributed by atoms with van der Waals surface area (Å²) in [7, 11) is 1.50. The van der Waals surface area contributed by atoms with E-state index in [1.807, 2.05) is 0 Å². The van der Waals surface area contributed by atoms with Crippen LogP contribution in [0.1, 0.15) is 26.3 Å². The van der Waals surface area contributed by atoms with Crippen molar-refractivity contribution in [1.82, 2.24) is 15.2 Å². The van der Waals surface area contributed by atoms with Crippen LogP contribution >= 0.6 is 0 Å². The lowest BCUT2D eigenvalue weighted by molar-refractivity contribution is -0.122. The van der Waals surface area contributed by atoms with E-state index in [0.29, 0.717) is 11.6 Å². The average Bonchev–Trinajstić information content (AvgIpc) is 2.61. The second kappa shape index (κ2) is 9.16. The molecule has 0 atom stereocenters. The number of amides is 2. The minimum absolute atomic E-state index is 0.117. The number of hydrogen-bond acceptors (Lipinski definition) is 5. The predicted octanol–water partition coefficient (Wildman–Crippen LogP) is 3.50. The van der Waals surface area contributed by atoms with Gasteiger partial charge in [0.1, 0.15) is 23.7 Å². The molecule has 1 heterocycles. The molecule has 2 amide bonds.